The molecule has 1 amide bonds. The van der Waals surface area contributed by atoms with Crippen LogP contribution in [-0.4, -0.2) is 31.6 Å². The van der Waals surface area contributed by atoms with Crippen molar-refractivity contribution in [2.75, 3.05) is 13.7 Å². The zero-order valence-corrected chi connectivity index (χ0v) is 15.0. The molecule has 134 valence electrons. The summed E-state index contributed by atoms with van der Waals surface area (Å²) in [5.41, 5.74) is 2.69. The van der Waals surface area contributed by atoms with Crippen LogP contribution in [0.15, 0.2) is 54.6 Å². The van der Waals surface area contributed by atoms with Crippen LogP contribution in [0.4, 0.5) is 0 Å². The molecule has 6 heteroatoms. The van der Waals surface area contributed by atoms with Gasteiger partial charge in [-0.05, 0) is 41.6 Å². The number of rotatable bonds is 6. The molecule has 0 radical (unpaired) electrons. The predicted octanol–water partition coefficient (Wildman–Crippen LogP) is 2.03. The molecule has 2 aromatic rings. The number of amides is 1. The molecule has 2 N–H and O–H groups in total. The number of carbonyl (C=O) groups excluding carboxylic acids is 2. The number of methoxy groups -OCH3 is 1. The van der Waals surface area contributed by atoms with Crippen molar-refractivity contribution in [1.29, 1.82) is 0 Å². The smallest absolute Gasteiger partial charge is 0.328 e. The summed E-state index contributed by atoms with van der Waals surface area (Å²) in [5, 5.41) is 2.59. The van der Waals surface area contributed by atoms with Crippen LogP contribution < -0.4 is 10.2 Å². The fraction of sp³-hybridized carbons (Fsp3) is 0.200. The number of hydrogen-bond acceptors (Lipinski definition) is 4. The summed E-state index contributed by atoms with van der Waals surface area (Å²) in [6.45, 7) is -0.0942. The Labute approximate surface area is 157 Å². The molecule has 0 heterocycles. The van der Waals surface area contributed by atoms with E-state index in [0.29, 0.717) is 6.42 Å². The third-order valence-electron chi connectivity index (χ3n) is 3.57. The molecule has 0 saturated heterocycles. The Morgan fingerprint density at radius 3 is 2.23 bits per heavy atom. The number of ether oxygens (including phenoxy) is 1. The number of esters is 1. The molecule has 0 spiro atoms. The van der Waals surface area contributed by atoms with Crippen molar-refractivity contribution in [3.05, 3.63) is 71.3 Å². The van der Waals surface area contributed by atoms with Gasteiger partial charge in [-0.2, -0.15) is 0 Å². The molecule has 0 aromatic heterocycles. The second-order valence-electron chi connectivity index (χ2n) is 5.47. The molecule has 1 atom stereocenters. The summed E-state index contributed by atoms with van der Waals surface area (Å²) in [7, 11) is 1.28. The van der Waals surface area contributed by atoms with Crippen LogP contribution in [0.1, 0.15) is 16.7 Å². The summed E-state index contributed by atoms with van der Waals surface area (Å²) in [6.07, 6.45) is 0.313. The zero-order chi connectivity index (χ0) is 18.8. The highest BCUT2D eigenvalue weighted by atomic mass is 35.5. The van der Waals surface area contributed by atoms with Crippen LogP contribution in [0.5, 0.6) is 0 Å². The molecule has 0 aliphatic carbocycles. The Morgan fingerprint density at radius 1 is 1.04 bits per heavy atom. The third kappa shape index (κ3) is 6.25. The van der Waals surface area contributed by atoms with E-state index in [4.69, 9.17) is 16.5 Å². The van der Waals surface area contributed by atoms with Crippen molar-refractivity contribution < 1.29 is 14.3 Å². The van der Waals surface area contributed by atoms with Crippen LogP contribution >= 0.6 is 11.8 Å². The third-order valence-corrected chi connectivity index (χ3v) is 3.70. The average Bonchev–Trinajstić information content (AvgIpc) is 2.67. The molecule has 0 fully saturated rings. The summed E-state index contributed by atoms with van der Waals surface area (Å²) in [5.74, 6) is 5.28. The fourth-order valence-corrected chi connectivity index (χ4v) is 2.39. The van der Waals surface area contributed by atoms with Crippen LogP contribution in [0, 0.1) is 11.8 Å². The normalized spacial score (nSPS) is 11.0. The van der Waals surface area contributed by atoms with Gasteiger partial charge in [-0.1, -0.05) is 42.2 Å². The summed E-state index contributed by atoms with van der Waals surface area (Å²) < 4.78 is 4.75. The molecule has 2 rings (SSSR count). The monoisotopic (exact) mass is 370 g/mol. The summed E-state index contributed by atoms with van der Waals surface area (Å²) in [4.78, 5) is 25.7. The fourth-order valence-electron chi connectivity index (χ4n) is 2.27. The first-order valence-corrected chi connectivity index (χ1v) is 8.37. The van der Waals surface area contributed by atoms with Gasteiger partial charge in [0, 0.05) is 17.5 Å². The maximum atomic E-state index is 11.9. The van der Waals surface area contributed by atoms with Gasteiger partial charge < -0.3 is 10.1 Å². The minimum absolute atomic E-state index is 0.0942. The Bertz CT molecular complexity index is 795. The van der Waals surface area contributed by atoms with Gasteiger partial charge in [0.2, 0.25) is 5.91 Å². The van der Waals surface area contributed by atoms with Gasteiger partial charge in [-0.25, -0.2) is 9.63 Å². The number of benzene rings is 2. The van der Waals surface area contributed by atoms with E-state index in [2.05, 4.69) is 22.0 Å². The Kier molecular flexibility index (Phi) is 7.69. The average molecular weight is 371 g/mol. The number of carbonyl (C=O) groups is 2. The molecule has 5 nitrogen and oxygen atoms in total. The highest BCUT2D eigenvalue weighted by Crippen LogP contribution is 2.08. The van der Waals surface area contributed by atoms with E-state index in [-0.39, 0.29) is 12.5 Å². The first-order chi connectivity index (χ1) is 12.6. The summed E-state index contributed by atoms with van der Waals surface area (Å²) >= 11 is 5.30. The van der Waals surface area contributed by atoms with Gasteiger partial charge in [0.15, 0.2) is 0 Å². The highest BCUT2D eigenvalue weighted by Gasteiger charge is 2.21. The van der Waals surface area contributed by atoms with Gasteiger partial charge >= 0.3 is 5.97 Å². The van der Waals surface area contributed by atoms with E-state index in [0.717, 1.165) is 16.7 Å². The van der Waals surface area contributed by atoms with Crippen LogP contribution in [0.2, 0.25) is 0 Å². The lowest BCUT2D eigenvalue weighted by atomic mass is 10.0. The number of hydrogen-bond donors (Lipinski definition) is 2. The van der Waals surface area contributed by atoms with Crippen molar-refractivity contribution in [2.24, 2.45) is 0 Å². The molecule has 26 heavy (non-hydrogen) atoms. The van der Waals surface area contributed by atoms with Crippen molar-refractivity contribution in [1.82, 2.24) is 10.2 Å². The van der Waals surface area contributed by atoms with E-state index >= 15 is 0 Å². The lowest BCUT2D eigenvalue weighted by molar-refractivity contribution is -0.144. The second-order valence-corrected chi connectivity index (χ2v) is 5.74. The molecule has 0 unspecified atom stereocenters. The van der Waals surface area contributed by atoms with Gasteiger partial charge in [0.05, 0.1) is 13.7 Å². The van der Waals surface area contributed by atoms with Crippen molar-refractivity contribution in [3.63, 3.8) is 0 Å². The first-order valence-electron chi connectivity index (χ1n) is 7.99. The minimum atomic E-state index is -0.779. The Balaban J connectivity index is 2.04. The predicted molar refractivity (Wildman–Crippen MR) is 100 cm³/mol. The van der Waals surface area contributed by atoms with E-state index in [1.807, 2.05) is 54.6 Å². The SMILES string of the molecule is COC(=O)[C@H](Cc1ccc(C#Cc2ccccc2)cc1)NC(=O)CNCl. The number of nitrogens with one attached hydrogen (secondary N) is 2. The molecule has 0 saturated carbocycles. The molecular weight excluding hydrogens is 352 g/mol. The van der Waals surface area contributed by atoms with Crippen molar-refractivity contribution in [2.45, 2.75) is 12.5 Å². The quantitative estimate of drug-likeness (QED) is 0.464. The van der Waals surface area contributed by atoms with Crippen LogP contribution in [0.25, 0.3) is 0 Å². The van der Waals surface area contributed by atoms with E-state index < -0.39 is 12.0 Å². The second kappa shape index (κ2) is 10.2. The zero-order valence-electron chi connectivity index (χ0n) is 14.3. The molecule has 0 aliphatic rings. The Morgan fingerprint density at radius 2 is 1.65 bits per heavy atom. The van der Waals surface area contributed by atoms with Gasteiger partial charge in [0.1, 0.15) is 6.04 Å². The van der Waals surface area contributed by atoms with E-state index in [1.54, 1.807) is 0 Å². The standard InChI is InChI=1S/C20H19ClN2O3/c1-26-20(25)18(23-19(24)14-22-21)13-17-11-9-16(10-12-17)8-7-15-5-3-2-4-6-15/h2-6,9-12,18,22H,13-14H2,1H3,(H,23,24)/t18-/m0/s1. The van der Waals surface area contributed by atoms with Crippen molar-refractivity contribution >= 4 is 23.7 Å². The topological polar surface area (TPSA) is 67.4 Å². The van der Waals surface area contributed by atoms with Crippen LogP contribution in [0.3, 0.4) is 0 Å². The maximum absolute atomic E-state index is 11.9. The van der Waals surface area contributed by atoms with Crippen LogP contribution in [-0.2, 0) is 20.7 Å². The first kappa shape index (κ1) is 19.5. The maximum Gasteiger partial charge on any atom is 0.328 e. The molecule has 0 bridgehead atoms. The summed E-state index contributed by atoms with van der Waals surface area (Å²) in [6, 6.07) is 16.4. The van der Waals surface area contributed by atoms with Gasteiger partial charge in [-0.3, -0.25) is 4.79 Å². The van der Waals surface area contributed by atoms with Gasteiger partial charge in [-0.15, -0.1) is 0 Å². The van der Waals surface area contributed by atoms with E-state index in [9.17, 15) is 9.59 Å². The van der Waals surface area contributed by atoms with Gasteiger partial charge in [0.25, 0.3) is 0 Å². The van der Waals surface area contributed by atoms with E-state index in [1.165, 1.54) is 7.11 Å². The molecule has 2 aromatic carbocycles. The number of halogens is 1. The van der Waals surface area contributed by atoms with Crippen molar-refractivity contribution in [3.8, 4) is 11.8 Å². The lowest BCUT2D eigenvalue weighted by Gasteiger charge is -2.16. The molecular formula is C20H19ClN2O3. The Hall–Kier alpha value is -2.81. The molecule has 0 aliphatic heterocycles. The highest BCUT2D eigenvalue weighted by molar-refractivity contribution is 6.14. The lowest BCUT2D eigenvalue weighted by Crippen LogP contribution is -2.45. The largest absolute Gasteiger partial charge is 0.467 e. The minimum Gasteiger partial charge on any atom is -0.467 e.